The number of esters is 1. The van der Waals surface area contributed by atoms with Gasteiger partial charge in [0.2, 0.25) is 5.95 Å². The second kappa shape index (κ2) is 8.61. The molecule has 0 aliphatic carbocycles. The van der Waals surface area contributed by atoms with Crippen molar-refractivity contribution in [1.82, 2.24) is 15.2 Å². The van der Waals surface area contributed by atoms with Crippen molar-refractivity contribution < 1.29 is 14.3 Å². The van der Waals surface area contributed by atoms with E-state index in [2.05, 4.69) is 25.8 Å². The molecule has 0 aliphatic rings. The molecule has 0 unspecified atom stereocenters. The summed E-state index contributed by atoms with van der Waals surface area (Å²) in [6.45, 7) is 2.47. The van der Waals surface area contributed by atoms with E-state index in [1.54, 1.807) is 18.2 Å². The number of rotatable bonds is 7. The molecule has 27 heavy (non-hydrogen) atoms. The summed E-state index contributed by atoms with van der Waals surface area (Å²) in [7, 11) is 1.34. The van der Waals surface area contributed by atoms with Crippen molar-refractivity contribution in [3.63, 3.8) is 0 Å². The summed E-state index contributed by atoms with van der Waals surface area (Å²) in [5, 5.41) is 14.1. The first-order valence-electron chi connectivity index (χ1n) is 8.33. The molecule has 8 heteroatoms. The Labute approximate surface area is 156 Å². The molecule has 0 saturated heterocycles. The lowest BCUT2D eigenvalue weighted by molar-refractivity contribution is 0.0601. The minimum atomic E-state index is -0.408. The molecule has 0 aliphatic heterocycles. The average Bonchev–Trinajstić information content (AvgIpc) is 2.69. The predicted octanol–water partition coefficient (Wildman–Crippen LogP) is 3.54. The van der Waals surface area contributed by atoms with Gasteiger partial charge in [0, 0.05) is 5.69 Å². The van der Waals surface area contributed by atoms with Gasteiger partial charge in [-0.15, -0.1) is 5.10 Å². The van der Waals surface area contributed by atoms with Crippen molar-refractivity contribution in [2.24, 2.45) is 0 Å². The summed E-state index contributed by atoms with van der Waals surface area (Å²) in [5.74, 6) is 1.08. The lowest BCUT2D eigenvalue weighted by Gasteiger charge is -2.11. The number of para-hydroxylation sites is 2. The van der Waals surface area contributed by atoms with Crippen molar-refractivity contribution in [2.45, 2.75) is 6.92 Å². The van der Waals surface area contributed by atoms with Crippen LogP contribution in [0.1, 0.15) is 17.3 Å². The van der Waals surface area contributed by atoms with Crippen molar-refractivity contribution in [3.05, 3.63) is 60.3 Å². The van der Waals surface area contributed by atoms with Crippen LogP contribution in [0.2, 0.25) is 0 Å². The summed E-state index contributed by atoms with van der Waals surface area (Å²) in [6, 6.07) is 14.4. The van der Waals surface area contributed by atoms with Gasteiger partial charge in [-0.25, -0.2) is 4.79 Å². The molecule has 1 heterocycles. The van der Waals surface area contributed by atoms with Crippen LogP contribution in [0, 0.1) is 0 Å². The van der Waals surface area contributed by atoms with Crippen molar-refractivity contribution in [1.29, 1.82) is 0 Å². The van der Waals surface area contributed by atoms with Crippen LogP contribution in [0.25, 0.3) is 0 Å². The Balaban J connectivity index is 1.78. The van der Waals surface area contributed by atoms with Crippen molar-refractivity contribution >= 4 is 29.1 Å². The van der Waals surface area contributed by atoms with E-state index in [0.717, 1.165) is 5.69 Å². The maximum atomic E-state index is 11.7. The van der Waals surface area contributed by atoms with Gasteiger partial charge in [-0.3, -0.25) is 0 Å². The van der Waals surface area contributed by atoms with E-state index in [4.69, 9.17) is 9.47 Å². The minimum absolute atomic E-state index is 0.316. The molecule has 0 atom stereocenters. The number of carbonyl (C=O) groups is 1. The number of benzene rings is 2. The topological polar surface area (TPSA) is 98.3 Å². The molecule has 8 nitrogen and oxygen atoms in total. The highest BCUT2D eigenvalue weighted by Gasteiger charge is 2.08. The Kier molecular flexibility index (Phi) is 5.78. The Morgan fingerprint density at radius 3 is 2.78 bits per heavy atom. The highest BCUT2D eigenvalue weighted by Crippen LogP contribution is 2.26. The number of ether oxygens (including phenoxy) is 2. The number of carbonyl (C=O) groups excluding carboxylic acids is 1. The second-order valence-corrected chi connectivity index (χ2v) is 5.42. The summed E-state index contributed by atoms with van der Waals surface area (Å²) in [5.41, 5.74) is 1.86. The normalized spacial score (nSPS) is 10.1. The first-order valence-corrected chi connectivity index (χ1v) is 8.33. The third-order valence-corrected chi connectivity index (χ3v) is 3.55. The molecule has 1 aromatic heterocycles. The second-order valence-electron chi connectivity index (χ2n) is 5.42. The quantitative estimate of drug-likeness (QED) is 0.614. The van der Waals surface area contributed by atoms with Gasteiger partial charge in [-0.1, -0.05) is 18.2 Å². The molecule has 138 valence electrons. The standard InChI is InChI=1S/C19H19N5O3/c1-3-27-16-10-5-4-9-15(16)22-19-23-17(12-20-24-19)21-14-8-6-7-13(11-14)18(25)26-2/h4-12H,3H2,1-2H3,(H2,21,22,23,24). The van der Waals surface area contributed by atoms with E-state index in [0.29, 0.717) is 35.4 Å². The van der Waals surface area contributed by atoms with Crippen LogP contribution in [0.5, 0.6) is 5.75 Å². The summed E-state index contributed by atoms with van der Waals surface area (Å²) in [6.07, 6.45) is 1.49. The number of nitrogens with one attached hydrogen (secondary N) is 2. The summed E-state index contributed by atoms with van der Waals surface area (Å²) in [4.78, 5) is 16.0. The fourth-order valence-corrected chi connectivity index (χ4v) is 2.38. The molecule has 2 N–H and O–H groups in total. The van der Waals surface area contributed by atoms with Gasteiger partial charge in [0.25, 0.3) is 0 Å². The van der Waals surface area contributed by atoms with E-state index in [-0.39, 0.29) is 0 Å². The molecule has 2 aromatic carbocycles. The first-order chi connectivity index (χ1) is 13.2. The maximum absolute atomic E-state index is 11.7. The average molecular weight is 365 g/mol. The third kappa shape index (κ3) is 4.69. The highest BCUT2D eigenvalue weighted by atomic mass is 16.5. The largest absolute Gasteiger partial charge is 0.492 e. The van der Waals surface area contributed by atoms with Gasteiger partial charge >= 0.3 is 5.97 Å². The number of hydrogen-bond acceptors (Lipinski definition) is 8. The Morgan fingerprint density at radius 1 is 1.11 bits per heavy atom. The summed E-state index contributed by atoms with van der Waals surface area (Å²) < 4.78 is 10.3. The van der Waals surface area contributed by atoms with Gasteiger partial charge in [0.1, 0.15) is 5.75 Å². The molecule has 0 amide bonds. The zero-order valence-corrected chi connectivity index (χ0v) is 15.0. The van der Waals surface area contributed by atoms with Crippen LogP contribution >= 0.6 is 0 Å². The molecule has 3 rings (SSSR count). The fraction of sp³-hybridized carbons (Fsp3) is 0.158. The van der Waals surface area contributed by atoms with E-state index >= 15 is 0 Å². The van der Waals surface area contributed by atoms with Crippen LogP contribution in [0.3, 0.4) is 0 Å². The number of hydrogen-bond donors (Lipinski definition) is 2. The number of anilines is 4. The minimum Gasteiger partial charge on any atom is -0.492 e. The maximum Gasteiger partial charge on any atom is 0.337 e. The van der Waals surface area contributed by atoms with E-state index in [1.807, 2.05) is 37.3 Å². The Hall–Kier alpha value is -3.68. The molecule has 0 bridgehead atoms. The SMILES string of the molecule is CCOc1ccccc1Nc1nncc(Nc2cccc(C(=O)OC)c2)n1. The molecule has 0 spiro atoms. The Bertz CT molecular complexity index is 932. The zero-order valence-electron chi connectivity index (χ0n) is 15.0. The van der Waals surface area contributed by atoms with E-state index in [9.17, 15) is 4.79 Å². The molecule has 3 aromatic rings. The molecule has 0 saturated carbocycles. The predicted molar refractivity (Wildman–Crippen MR) is 102 cm³/mol. The van der Waals surface area contributed by atoms with Crippen LogP contribution in [0.4, 0.5) is 23.1 Å². The highest BCUT2D eigenvalue weighted by molar-refractivity contribution is 5.90. The molecular formula is C19H19N5O3. The van der Waals surface area contributed by atoms with Gasteiger partial charge in [0.15, 0.2) is 5.82 Å². The van der Waals surface area contributed by atoms with Gasteiger partial charge in [-0.2, -0.15) is 10.1 Å². The lowest BCUT2D eigenvalue weighted by Crippen LogP contribution is -2.05. The first kappa shape index (κ1) is 18.1. The number of nitrogens with zero attached hydrogens (tertiary/aromatic N) is 3. The smallest absolute Gasteiger partial charge is 0.337 e. The van der Waals surface area contributed by atoms with Gasteiger partial charge in [0.05, 0.1) is 31.2 Å². The van der Waals surface area contributed by atoms with E-state index in [1.165, 1.54) is 13.3 Å². The van der Waals surface area contributed by atoms with Crippen LogP contribution in [0.15, 0.2) is 54.7 Å². The number of methoxy groups -OCH3 is 1. The zero-order chi connectivity index (χ0) is 19.1. The Morgan fingerprint density at radius 2 is 1.96 bits per heavy atom. The monoisotopic (exact) mass is 365 g/mol. The molecular weight excluding hydrogens is 346 g/mol. The van der Waals surface area contributed by atoms with Gasteiger partial charge < -0.3 is 20.1 Å². The molecule has 0 radical (unpaired) electrons. The molecule has 0 fully saturated rings. The van der Waals surface area contributed by atoms with Crippen molar-refractivity contribution in [3.8, 4) is 5.75 Å². The summed E-state index contributed by atoms with van der Waals surface area (Å²) >= 11 is 0. The third-order valence-electron chi connectivity index (χ3n) is 3.55. The van der Waals surface area contributed by atoms with E-state index < -0.39 is 5.97 Å². The van der Waals surface area contributed by atoms with Crippen LogP contribution in [-0.2, 0) is 4.74 Å². The van der Waals surface area contributed by atoms with Gasteiger partial charge in [-0.05, 0) is 37.3 Å². The van der Waals surface area contributed by atoms with Crippen molar-refractivity contribution in [2.75, 3.05) is 24.4 Å². The fourth-order valence-electron chi connectivity index (χ4n) is 2.38. The number of aromatic nitrogens is 3. The van der Waals surface area contributed by atoms with Crippen LogP contribution < -0.4 is 15.4 Å². The van der Waals surface area contributed by atoms with Crippen LogP contribution in [-0.4, -0.2) is 34.9 Å². The lowest BCUT2D eigenvalue weighted by atomic mass is 10.2.